The number of alkyl halides is 3. The van der Waals surface area contributed by atoms with Gasteiger partial charge in [-0.25, -0.2) is 4.98 Å². The van der Waals surface area contributed by atoms with Crippen LogP contribution >= 0.6 is 0 Å². The van der Waals surface area contributed by atoms with Crippen molar-refractivity contribution in [1.29, 1.82) is 5.26 Å². The van der Waals surface area contributed by atoms with Crippen LogP contribution in [-0.4, -0.2) is 23.5 Å². The van der Waals surface area contributed by atoms with Gasteiger partial charge in [0.05, 0.1) is 11.6 Å². The van der Waals surface area contributed by atoms with E-state index in [0.29, 0.717) is 24.9 Å². The topological polar surface area (TPSA) is 77.8 Å². The van der Waals surface area contributed by atoms with Crippen molar-refractivity contribution in [3.8, 4) is 6.07 Å². The molecule has 0 radical (unpaired) electrons. The van der Waals surface area contributed by atoms with E-state index < -0.39 is 23.8 Å². The lowest BCUT2D eigenvalue weighted by atomic mass is 10.1. The van der Waals surface area contributed by atoms with E-state index in [0.717, 1.165) is 6.07 Å². The molecule has 1 aliphatic rings. The second kappa shape index (κ2) is 5.69. The molecule has 2 N–H and O–H groups in total. The minimum Gasteiger partial charge on any atom is -0.308 e. The zero-order valence-electron chi connectivity index (χ0n) is 11.2. The van der Waals surface area contributed by atoms with Crippen LogP contribution in [0, 0.1) is 17.2 Å². The Bertz CT molecular complexity index is 594. The van der Waals surface area contributed by atoms with Gasteiger partial charge in [-0.15, -0.1) is 0 Å². The molecule has 0 spiro atoms. The Kier molecular flexibility index (Phi) is 4.14. The van der Waals surface area contributed by atoms with Crippen LogP contribution in [0.3, 0.4) is 0 Å². The van der Waals surface area contributed by atoms with E-state index in [4.69, 9.17) is 5.26 Å². The van der Waals surface area contributed by atoms with Crippen LogP contribution in [0.5, 0.6) is 0 Å². The molecule has 2 unspecified atom stereocenters. The predicted octanol–water partition coefficient (Wildman–Crippen LogP) is 1.91. The fourth-order valence-electron chi connectivity index (χ4n) is 2.12. The average molecular weight is 298 g/mol. The minimum atomic E-state index is -4.63. The summed E-state index contributed by atoms with van der Waals surface area (Å²) >= 11 is 0. The summed E-state index contributed by atoms with van der Waals surface area (Å²) in [5.74, 6) is -0.535. The van der Waals surface area contributed by atoms with Gasteiger partial charge in [-0.05, 0) is 31.0 Å². The number of anilines is 1. The first-order valence-electron chi connectivity index (χ1n) is 6.34. The van der Waals surface area contributed by atoms with E-state index in [1.807, 2.05) is 6.92 Å². The second-order valence-electron chi connectivity index (χ2n) is 4.99. The monoisotopic (exact) mass is 298 g/mol. The van der Waals surface area contributed by atoms with Crippen molar-refractivity contribution in [3.63, 3.8) is 0 Å². The molecule has 2 atom stereocenters. The molecule has 2 rings (SSSR count). The third kappa shape index (κ3) is 3.49. The lowest BCUT2D eigenvalue weighted by Gasteiger charge is -2.13. The highest BCUT2D eigenvalue weighted by Crippen LogP contribution is 2.29. The Morgan fingerprint density at radius 2 is 2.24 bits per heavy atom. The summed E-state index contributed by atoms with van der Waals surface area (Å²) in [4.78, 5) is 15.3. The fraction of sp³-hybridized carbons (Fsp3) is 0.462. The molecule has 0 aromatic carbocycles. The van der Waals surface area contributed by atoms with Crippen LogP contribution in [0.1, 0.15) is 24.6 Å². The molecule has 1 aromatic rings. The number of hydrogen-bond acceptors (Lipinski definition) is 4. The fourth-order valence-corrected chi connectivity index (χ4v) is 2.12. The summed E-state index contributed by atoms with van der Waals surface area (Å²) in [7, 11) is 0. The smallest absolute Gasteiger partial charge is 0.308 e. The van der Waals surface area contributed by atoms with Crippen molar-refractivity contribution in [2.45, 2.75) is 25.6 Å². The normalized spacial score (nSPS) is 21.9. The molecule has 0 saturated carbocycles. The number of rotatable bonds is 2. The highest BCUT2D eigenvalue weighted by atomic mass is 19.4. The third-order valence-corrected chi connectivity index (χ3v) is 3.22. The number of nitriles is 1. The molecular weight excluding hydrogens is 285 g/mol. The van der Waals surface area contributed by atoms with Crippen LogP contribution in [0.2, 0.25) is 0 Å². The van der Waals surface area contributed by atoms with Crippen molar-refractivity contribution < 1.29 is 18.0 Å². The van der Waals surface area contributed by atoms with Crippen molar-refractivity contribution in [1.82, 2.24) is 10.3 Å². The predicted molar refractivity (Wildman–Crippen MR) is 68.2 cm³/mol. The molecule has 112 valence electrons. The van der Waals surface area contributed by atoms with E-state index >= 15 is 0 Å². The van der Waals surface area contributed by atoms with Crippen LogP contribution in [-0.2, 0) is 11.0 Å². The summed E-state index contributed by atoms with van der Waals surface area (Å²) in [6, 6.07) is 2.94. The van der Waals surface area contributed by atoms with Crippen molar-refractivity contribution in [3.05, 3.63) is 23.4 Å². The maximum atomic E-state index is 12.6. The number of nitrogens with zero attached hydrogens (tertiary/aromatic N) is 2. The first-order chi connectivity index (χ1) is 9.81. The number of amides is 1. The molecule has 0 aliphatic carbocycles. The molecule has 1 saturated heterocycles. The molecule has 2 heterocycles. The molecule has 1 aromatic heterocycles. The number of pyridine rings is 1. The van der Waals surface area contributed by atoms with E-state index in [2.05, 4.69) is 15.6 Å². The summed E-state index contributed by atoms with van der Waals surface area (Å²) < 4.78 is 37.9. The maximum Gasteiger partial charge on any atom is 0.433 e. The summed E-state index contributed by atoms with van der Waals surface area (Å²) in [6.07, 6.45) is -4.04. The third-order valence-electron chi connectivity index (χ3n) is 3.22. The number of nitrogens with one attached hydrogen (secondary N) is 2. The molecule has 21 heavy (non-hydrogen) atoms. The molecule has 1 amide bonds. The Hall–Kier alpha value is -2.14. The lowest BCUT2D eigenvalue weighted by molar-refractivity contribution is -0.141. The Morgan fingerprint density at radius 1 is 1.52 bits per heavy atom. The SMILES string of the molecule is CC1CNC(C(=O)Nc2nc(C(F)(F)F)ccc2C#N)C1. The van der Waals surface area contributed by atoms with Gasteiger partial charge in [-0.3, -0.25) is 4.79 Å². The second-order valence-corrected chi connectivity index (χ2v) is 4.99. The van der Waals surface area contributed by atoms with Gasteiger partial charge in [-0.1, -0.05) is 6.92 Å². The Balaban J connectivity index is 2.22. The van der Waals surface area contributed by atoms with Gasteiger partial charge in [0, 0.05) is 0 Å². The average Bonchev–Trinajstić information content (AvgIpc) is 2.84. The van der Waals surface area contributed by atoms with E-state index in [1.165, 1.54) is 0 Å². The van der Waals surface area contributed by atoms with Gasteiger partial charge in [-0.2, -0.15) is 18.4 Å². The van der Waals surface area contributed by atoms with Gasteiger partial charge in [0.2, 0.25) is 5.91 Å². The number of aromatic nitrogens is 1. The molecule has 5 nitrogen and oxygen atoms in total. The first kappa shape index (κ1) is 15.3. The van der Waals surface area contributed by atoms with Gasteiger partial charge in [0.25, 0.3) is 0 Å². The maximum absolute atomic E-state index is 12.6. The van der Waals surface area contributed by atoms with Gasteiger partial charge >= 0.3 is 6.18 Å². The molecule has 1 fully saturated rings. The van der Waals surface area contributed by atoms with Gasteiger partial charge in [0.15, 0.2) is 5.82 Å². The van der Waals surface area contributed by atoms with Crippen molar-refractivity contribution in [2.75, 3.05) is 11.9 Å². The number of hydrogen-bond donors (Lipinski definition) is 2. The largest absolute Gasteiger partial charge is 0.433 e. The van der Waals surface area contributed by atoms with Gasteiger partial charge < -0.3 is 10.6 Å². The Labute approximate surface area is 119 Å². The standard InChI is InChI=1S/C13H13F3N4O/c1-7-4-9(18-6-7)12(21)20-11-8(5-17)2-3-10(19-11)13(14,15)16/h2-3,7,9,18H,4,6H2,1H3,(H,19,20,21). The molecule has 0 bridgehead atoms. The summed E-state index contributed by atoms with van der Waals surface area (Å²) in [5.41, 5.74) is -1.26. The van der Waals surface area contributed by atoms with Crippen LogP contribution in [0.4, 0.5) is 19.0 Å². The number of carbonyl (C=O) groups excluding carboxylic acids is 1. The Morgan fingerprint density at radius 3 is 2.76 bits per heavy atom. The first-order valence-corrected chi connectivity index (χ1v) is 6.34. The van der Waals surface area contributed by atoms with E-state index in [-0.39, 0.29) is 11.4 Å². The van der Waals surface area contributed by atoms with Crippen molar-refractivity contribution in [2.24, 2.45) is 5.92 Å². The highest BCUT2D eigenvalue weighted by molar-refractivity contribution is 5.95. The molecule has 1 aliphatic heterocycles. The van der Waals surface area contributed by atoms with E-state index in [9.17, 15) is 18.0 Å². The van der Waals surface area contributed by atoms with Crippen LogP contribution in [0.15, 0.2) is 12.1 Å². The minimum absolute atomic E-state index is 0.109. The summed E-state index contributed by atoms with van der Waals surface area (Å²) in [5, 5.41) is 14.2. The number of halogens is 3. The van der Waals surface area contributed by atoms with E-state index in [1.54, 1.807) is 6.07 Å². The molecule has 8 heteroatoms. The van der Waals surface area contributed by atoms with Crippen LogP contribution in [0.25, 0.3) is 0 Å². The lowest BCUT2D eigenvalue weighted by Crippen LogP contribution is -2.36. The molecular formula is C13H13F3N4O. The quantitative estimate of drug-likeness (QED) is 0.874. The summed E-state index contributed by atoms with van der Waals surface area (Å²) in [6.45, 7) is 2.63. The number of carbonyl (C=O) groups is 1. The van der Waals surface area contributed by atoms with Crippen molar-refractivity contribution >= 4 is 11.7 Å². The zero-order chi connectivity index (χ0) is 15.6. The highest BCUT2D eigenvalue weighted by Gasteiger charge is 2.34. The van der Waals surface area contributed by atoms with Crippen LogP contribution < -0.4 is 10.6 Å². The van der Waals surface area contributed by atoms with Gasteiger partial charge in [0.1, 0.15) is 11.8 Å². The zero-order valence-corrected chi connectivity index (χ0v) is 11.2.